The number of benzene rings is 1. The molecular formula is C23H27N5O. The minimum atomic E-state index is -0.0654. The van der Waals surface area contributed by atoms with Crippen LogP contribution in [0.2, 0.25) is 0 Å². The van der Waals surface area contributed by atoms with Gasteiger partial charge in [0.1, 0.15) is 0 Å². The molecular weight excluding hydrogens is 362 g/mol. The van der Waals surface area contributed by atoms with Crippen molar-refractivity contribution in [2.24, 2.45) is 11.8 Å². The zero-order chi connectivity index (χ0) is 20.7. The average molecular weight is 390 g/mol. The molecule has 1 saturated carbocycles. The van der Waals surface area contributed by atoms with E-state index in [9.17, 15) is 10.1 Å². The molecule has 6 nitrogen and oxygen atoms in total. The first-order chi connectivity index (χ1) is 13.9. The van der Waals surface area contributed by atoms with Crippen LogP contribution < -0.4 is 10.2 Å². The van der Waals surface area contributed by atoms with Crippen molar-refractivity contribution < 1.29 is 4.79 Å². The van der Waals surface area contributed by atoms with E-state index < -0.39 is 0 Å². The summed E-state index contributed by atoms with van der Waals surface area (Å²) in [7, 11) is 0. The van der Waals surface area contributed by atoms with Gasteiger partial charge >= 0.3 is 0 Å². The molecule has 1 aliphatic heterocycles. The standard InChI is InChI=1S/C23H27N5O/c1-13(2)18-11-25-23(26-12-18)27-21-14(3)22(17-6-7-17)28(15(4)29)20-8-5-16(10-24)9-19(20)21/h5,8-9,11-14,17,21-22H,6-7H2,1-4H3,(H,25,26,27). The SMILES string of the molecule is CC(=O)N1c2ccc(C#N)cc2C(Nc2ncc(C(C)C)cn2)C(C)C1C1CC1. The van der Waals surface area contributed by atoms with Crippen molar-refractivity contribution in [2.45, 2.75) is 58.5 Å². The summed E-state index contributed by atoms with van der Waals surface area (Å²) in [6.07, 6.45) is 6.02. The number of fused-ring (bicyclic) bond motifs is 1. The zero-order valence-corrected chi connectivity index (χ0v) is 17.4. The fraction of sp³-hybridized carbons (Fsp3) is 0.478. The molecule has 29 heavy (non-hydrogen) atoms. The molecule has 2 aromatic rings. The fourth-order valence-corrected chi connectivity index (χ4v) is 4.49. The first-order valence-electron chi connectivity index (χ1n) is 10.3. The highest BCUT2D eigenvalue weighted by atomic mass is 16.2. The van der Waals surface area contributed by atoms with Crippen molar-refractivity contribution in [1.82, 2.24) is 9.97 Å². The molecule has 2 heterocycles. The Morgan fingerprint density at radius 3 is 2.52 bits per heavy atom. The van der Waals surface area contributed by atoms with Crippen molar-refractivity contribution in [3.8, 4) is 6.07 Å². The molecule has 1 N–H and O–H groups in total. The third-order valence-corrected chi connectivity index (χ3v) is 6.18. The molecule has 1 fully saturated rings. The highest BCUT2D eigenvalue weighted by Gasteiger charge is 2.47. The van der Waals surface area contributed by atoms with Gasteiger partial charge in [-0.15, -0.1) is 0 Å². The second-order valence-corrected chi connectivity index (χ2v) is 8.58. The molecule has 1 aromatic heterocycles. The van der Waals surface area contributed by atoms with Crippen molar-refractivity contribution in [1.29, 1.82) is 5.26 Å². The molecule has 6 heteroatoms. The van der Waals surface area contributed by atoms with E-state index in [2.05, 4.69) is 42.1 Å². The molecule has 1 aromatic carbocycles. The first kappa shape index (κ1) is 19.4. The van der Waals surface area contributed by atoms with Gasteiger partial charge in [-0.1, -0.05) is 20.8 Å². The van der Waals surface area contributed by atoms with E-state index in [0.29, 0.717) is 23.3 Å². The van der Waals surface area contributed by atoms with Crippen LogP contribution in [-0.4, -0.2) is 21.9 Å². The lowest BCUT2D eigenvalue weighted by atomic mass is 9.79. The molecule has 0 saturated heterocycles. The van der Waals surface area contributed by atoms with Gasteiger partial charge in [0.2, 0.25) is 11.9 Å². The van der Waals surface area contributed by atoms with Crippen LogP contribution >= 0.6 is 0 Å². The average Bonchev–Trinajstić information content (AvgIpc) is 3.54. The van der Waals surface area contributed by atoms with Gasteiger partial charge in [0.25, 0.3) is 0 Å². The number of hydrogen-bond acceptors (Lipinski definition) is 5. The molecule has 3 unspecified atom stereocenters. The van der Waals surface area contributed by atoms with Crippen LogP contribution in [0.15, 0.2) is 30.6 Å². The highest BCUT2D eigenvalue weighted by molar-refractivity contribution is 5.94. The summed E-state index contributed by atoms with van der Waals surface area (Å²) < 4.78 is 0. The van der Waals surface area contributed by atoms with Crippen LogP contribution in [0.5, 0.6) is 0 Å². The van der Waals surface area contributed by atoms with Crippen LogP contribution in [0.1, 0.15) is 69.2 Å². The number of nitriles is 1. The zero-order valence-electron chi connectivity index (χ0n) is 17.4. The van der Waals surface area contributed by atoms with Crippen LogP contribution in [0.3, 0.4) is 0 Å². The Hall–Kier alpha value is -2.94. The lowest BCUT2D eigenvalue weighted by Gasteiger charge is -2.45. The normalized spacial score (nSPS) is 23.4. The monoisotopic (exact) mass is 389 g/mol. The highest BCUT2D eigenvalue weighted by Crippen LogP contribution is 2.50. The van der Waals surface area contributed by atoms with E-state index in [4.69, 9.17) is 0 Å². The number of aromatic nitrogens is 2. The minimum Gasteiger partial charge on any atom is -0.347 e. The third-order valence-electron chi connectivity index (χ3n) is 6.18. The number of carbonyl (C=O) groups excluding carboxylic acids is 1. The van der Waals surface area contributed by atoms with Gasteiger partial charge in [0.05, 0.1) is 17.7 Å². The number of anilines is 2. The number of nitrogens with zero attached hydrogens (tertiary/aromatic N) is 4. The third kappa shape index (κ3) is 3.57. The Balaban J connectivity index is 1.76. The maximum atomic E-state index is 12.6. The van der Waals surface area contributed by atoms with E-state index in [1.54, 1.807) is 13.0 Å². The van der Waals surface area contributed by atoms with E-state index in [0.717, 1.165) is 29.7 Å². The molecule has 3 atom stereocenters. The van der Waals surface area contributed by atoms with Crippen LogP contribution in [-0.2, 0) is 4.79 Å². The first-order valence-corrected chi connectivity index (χ1v) is 10.3. The summed E-state index contributed by atoms with van der Waals surface area (Å²) >= 11 is 0. The van der Waals surface area contributed by atoms with Gasteiger partial charge in [0, 0.05) is 37.0 Å². The molecule has 0 spiro atoms. The van der Waals surface area contributed by atoms with E-state index in [1.165, 1.54) is 0 Å². The molecule has 2 aliphatic rings. The second-order valence-electron chi connectivity index (χ2n) is 8.58. The van der Waals surface area contributed by atoms with Crippen molar-refractivity contribution in [3.63, 3.8) is 0 Å². The number of amides is 1. The van der Waals surface area contributed by atoms with Gasteiger partial charge < -0.3 is 10.2 Å². The summed E-state index contributed by atoms with van der Waals surface area (Å²) in [4.78, 5) is 23.6. The molecule has 0 bridgehead atoms. The van der Waals surface area contributed by atoms with Crippen LogP contribution in [0.4, 0.5) is 11.6 Å². The van der Waals surface area contributed by atoms with E-state index in [-0.39, 0.29) is 23.9 Å². The summed E-state index contributed by atoms with van der Waals surface area (Å²) in [5, 5.41) is 12.9. The van der Waals surface area contributed by atoms with Gasteiger partial charge in [-0.3, -0.25) is 4.79 Å². The van der Waals surface area contributed by atoms with Crippen molar-refractivity contribution in [3.05, 3.63) is 47.3 Å². The Labute approximate surface area is 172 Å². The van der Waals surface area contributed by atoms with Gasteiger partial charge in [0.15, 0.2) is 0 Å². The molecule has 150 valence electrons. The maximum absolute atomic E-state index is 12.6. The maximum Gasteiger partial charge on any atom is 0.224 e. The lowest BCUT2D eigenvalue weighted by Crippen LogP contribution is -2.51. The predicted molar refractivity (Wildman–Crippen MR) is 112 cm³/mol. The van der Waals surface area contributed by atoms with Crippen LogP contribution in [0.25, 0.3) is 0 Å². The van der Waals surface area contributed by atoms with E-state index in [1.807, 2.05) is 29.4 Å². The topological polar surface area (TPSA) is 81.9 Å². The summed E-state index contributed by atoms with van der Waals surface area (Å²) in [6, 6.07) is 7.89. The Morgan fingerprint density at radius 1 is 1.28 bits per heavy atom. The molecule has 1 aliphatic carbocycles. The lowest BCUT2D eigenvalue weighted by molar-refractivity contribution is -0.117. The largest absolute Gasteiger partial charge is 0.347 e. The van der Waals surface area contributed by atoms with Crippen LogP contribution in [0, 0.1) is 23.2 Å². The van der Waals surface area contributed by atoms with Gasteiger partial charge in [-0.25, -0.2) is 9.97 Å². The van der Waals surface area contributed by atoms with E-state index >= 15 is 0 Å². The second kappa shape index (κ2) is 7.47. The predicted octanol–water partition coefficient (Wildman–Crippen LogP) is 4.41. The summed E-state index contributed by atoms with van der Waals surface area (Å²) in [5.74, 6) is 1.69. The number of rotatable bonds is 4. The number of hydrogen-bond donors (Lipinski definition) is 1. The summed E-state index contributed by atoms with van der Waals surface area (Å²) in [5.41, 5.74) is 3.54. The van der Waals surface area contributed by atoms with Crippen molar-refractivity contribution in [2.75, 3.05) is 10.2 Å². The Morgan fingerprint density at radius 2 is 1.97 bits per heavy atom. The summed E-state index contributed by atoms with van der Waals surface area (Å²) in [6.45, 7) is 8.04. The van der Waals surface area contributed by atoms with Crippen molar-refractivity contribution >= 4 is 17.5 Å². The molecule has 0 radical (unpaired) electrons. The quantitative estimate of drug-likeness (QED) is 0.838. The molecule has 1 amide bonds. The smallest absolute Gasteiger partial charge is 0.224 e. The Kier molecular flexibility index (Phi) is 4.99. The molecule has 4 rings (SSSR count). The number of nitrogens with one attached hydrogen (secondary N) is 1. The minimum absolute atomic E-state index is 0.0516. The fourth-order valence-electron chi connectivity index (χ4n) is 4.49. The number of carbonyl (C=O) groups is 1. The van der Waals surface area contributed by atoms with Gasteiger partial charge in [-0.05, 0) is 54.0 Å². The Bertz CT molecular complexity index is 958. The van der Waals surface area contributed by atoms with Gasteiger partial charge in [-0.2, -0.15) is 5.26 Å².